The molecule has 2 heterocycles. The summed E-state index contributed by atoms with van der Waals surface area (Å²) in [6, 6.07) is 20.5. The average molecular weight is 474 g/mol. The molecule has 5 aromatic rings. The minimum absolute atomic E-state index is 0.0108. The first-order chi connectivity index (χ1) is 16.5. The first-order valence-corrected chi connectivity index (χ1v) is 10.9. The maximum Gasteiger partial charge on any atom is 0.279 e. The van der Waals surface area contributed by atoms with Gasteiger partial charge >= 0.3 is 0 Å². The number of fused-ring (bicyclic) bond motifs is 1. The second kappa shape index (κ2) is 8.99. The van der Waals surface area contributed by atoms with Crippen molar-refractivity contribution in [2.75, 3.05) is 12.4 Å². The number of para-hydroxylation sites is 1. The average Bonchev–Trinajstić information content (AvgIpc) is 3.45. The molecular formula is C25H20ClN5O3. The Morgan fingerprint density at radius 1 is 1.12 bits per heavy atom. The zero-order valence-electron chi connectivity index (χ0n) is 18.4. The number of rotatable bonds is 6. The number of hydrogen-bond acceptors (Lipinski definition) is 6. The Hall–Kier alpha value is -4.17. The molecule has 5 rings (SSSR count). The summed E-state index contributed by atoms with van der Waals surface area (Å²) in [7, 11) is 1.53. The first kappa shape index (κ1) is 21.7. The summed E-state index contributed by atoms with van der Waals surface area (Å²) in [6.07, 6.45) is 0. The van der Waals surface area contributed by atoms with Crippen molar-refractivity contribution in [3.63, 3.8) is 0 Å². The molecule has 1 amide bonds. The van der Waals surface area contributed by atoms with Crippen molar-refractivity contribution in [3.8, 4) is 28.7 Å². The summed E-state index contributed by atoms with van der Waals surface area (Å²) < 4.78 is 12.3. The number of benzene rings is 3. The number of anilines is 1. The zero-order chi connectivity index (χ0) is 23.7. The lowest BCUT2D eigenvalue weighted by Crippen LogP contribution is -2.19. The van der Waals surface area contributed by atoms with Crippen LogP contribution in [0.3, 0.4) is 0 Å². The van der Waals surface area contributed by atoms with E-state index in [9.17, 15) is 4.79 Å². The van der Waals surface area contributed by atoms with Crippen molar-refractivity contribution in [3.05, 3.63) is 77.3 Å². The molecule has 170 valence electrons. The molecule has 3 aromatic carbocycles. The number of aryl methyl sites for hydroxylation is 1. The Kier molecular flexibility index (Phi) is 5.73. The summed E-state index contributed by atoms with van der Waals surface area (Å²) >= 11 is 6.16. The second-order valence-corrected chi connectivity index (χ2v) is 8.12. The molecule has 9 heteroatoms. The summed E-state index contributed by atoms with van der Waals surface area (Å²) in [6.45, 7) is 2.01. The van der Waals surface area contributed by atoms with Crippen LogP contribution in [0.5, 0.6) is 5.75 Å². The number of nitrogens with zero attached hydrogens (tertiary/aromatic N) is 4. The number of nitrogens with one attached hydrogen (secondary N) is 1. The normalized spacial score (nSPS) is 11.0. The largest absolute Gasteiger partial charge is 0.495 e. The Labute approximate surface area is 200 Å². The van der Waals surface area contributed by atoms with E-state index in [1.54, 1.807) is 22.9 Å². The molecule has 0 aliphatic heterocycles. The van der Waals surface area contributed by atoms with Crippen LogP contribution in [0.1, 0.15) is 5.56 Å². The van der Waals surface area contributed by atoms with Crippen molar-refractivity contribution < 1.29 is 14.1 Å². The van der Waals surface area contributed by atoms with Crippen molar-refractivity contribution in [1.29, 1.82) is 0 Å². The van der Waals surface area contributed by atoms with E-state index in [0.717, 1.165) is 22.0 Å². The summed E-state index contributed by atoms with van der Waals surface area (Å²) in [4.78, 5) is 17.3. The second-order valence-electron chi connectivity index (χ2n) is 7.71. The molecule has 0 saturated heterocycles. The standard InChI is InChI=1S/C25H20ClN5O3/c1-15-7-9-16(10-8-15)24-28-25(34-30-24)23-18-5-3-4-6-20(18)31(29-23)14-22(32)27-17-11-12-21(33-2)19(26)13-17/h3-13H,14H2,1-2H3,(H,27,32). The van der Waals surface area contributed by atoms with Gasteiger partial charge in [0.05, 0.1) is 17.6 Å². The number of methoxy groups -OCH3 is 1. The van der Waals surface area contributed by atoms with Crippen LogP contribution in [0.15, 0.2) is 71.3 Å². The smallest absolute Gasteiger partial charge is 0.279 e. The highest BCUT2D eigenvalue weighted by Gasteiger charge is 2.20. The molecule has 0 spiro atoms. The third-order valence-corrected chi connectivity index (χ3v) is 5.62. The van der Waals surface area contributed by atoms with Gasteiger partial charge in [-0.15, -0.1) is 0 Å². The minimum Gasteiger partial charge on any atom is -0.495 e. The lowest BCUT2D eigenvalue weighted by molar-refractivity contribution is -0.116. The van der Waals surface area contributed by atoms with Crippen LogP contribution in [0, 0.1) is 6.92 Å². The van der Waals surface area contributed by atoms with Crippen LogP contribution < -0.4 is 10.1 Å². The van der Waals surface area contributed by atoms with Crippen LogP contribution in [-0.4, -0.2) is 32.9 Å². The summed E-state index contributed by atoms with van der Waals surface area (Å²) in [5, 5.41) is 12.8. The molecule has 0 fully saturated rings. The van der Waals surface area contributed by atoms with E-state index in [4.69, 9.17) is 20.9 Å². The lowest BCUT2D eigenvalue weighted by Gasteiger charge is -2.08. The van der Waals surface area contributed by atoms with Gasteiger partial charge < -0.3 is 14.6 Å². The van der Waals surface area contributed by atoms with Gasteiger partial charge in [0.2, 0.25) is 11.7 Å². The van der Waals surface area contributed by atoms with Crippen LogP contribution in [0.25, 0.3) is 33.9 Å². The Morgan fingerprint density at radius 3 is 2.68 bits per heavy atom. The maximum atomic E-state index is 12.8. The van der Waals surface area contributed by atoms with Crippen LogP contribution >= 0.6 is 11.6 Å². The van der Waals surface area contributed by atoms with Gasteiger partial charge in [0.1, 0.15) is 12.3 Å². The number of aromatic nitrogens is 4. The lowest BCUT2D eigenvalue weighted by atomic mass is 10.1. The van der Waals surface area contributed by atoms with Gasteiger partial charge in [-0.25, -0.2) is 0 Å². The Bertz CT molecular complexity index is 1490. The molecule has 34 heavy (non-hydrogen) atoms. The number of ether oxygens (including phenoxy) is 1. The van der Waals surface area contributed by atoms with E-state index < -0.39 is 0 Å². The monoisotopic (exact) mass is 473 g/mol. The maximum absolute atomic E-state index is 12.8. The molecular weight excluding hydrogens is 454 g/mol. The molecule has 2 aromatic heterocycles. The van der Waals surface area contributed by atoms with E-state index in [-0.39, 0.29) is 18.3 Å². The van der Waals surface area contributed by atoms with Gasteiger partial charge in [0, 0.05) is 16.6 Å². The van der Waals surface area contributed by atoms with Gasteiger partial charge in [0.25, 0.3) is 5.89 Å². The number of amides is 1. The van der Waals surface area contributed by atoms with Gasteiger partial charge in [0.15, 0.2) is 5.69 Å². The molecule has 0 saturated carbocycles. The first-order valence-electron chi connectivity index (χ1n) is 10.5. The molecule has 8 nitrogen and oxygen atoms in total. The molecule has 0 bridgehead atoms. The number of carbonyl (C=O) groups is 1. The number of carbonyl (C=O) groups excluding carboxylic acids is 1. The predicted octanol–water partition coefficient (Wildman–Crippen LogP) is 5.36. The number of halogens is 1. The molecule has 1 N–H and O–H groups in total. The SMILES string of the molecule is COc1ccc(NC(=O)Cn2nc(-c3nc(-c4ccc(C)cc4)no3)c3ccccc32)cc1Cl. The van der Waals surface area contributed by atoms with E-state index in [1.807, 2.05) is 55.5 Å². The van der Waals surface area contributed by atoms with Crippen molar-refractivity contribution >= 4 is 34.1 Å². The van der Waals surface area contributed by atoms with Crippen LogP contribution in [0.2, 0.25) is 5.02 Å². The number of hydrogen-bond donors (Lipinski definition) is 1. The van der Waals surface area contributed by atoms with E-state index >= 15 is 0 Å². The topological polar surface area (TPSA) is 95.1 Å². The molecule has 0 radical (unpaired) electrons. The van der Waals surface area contributed by atoms with E-state index in [2.05, 4.69) is 20.6 Å². The minimum atomic E-state index is -0.257. The molecule has 0 unspecified atom stereocenters. The molecule has 0 atom stereocenters. The summed E-state index contributed by atoms with van der Waals surface area (Å²) in [5.41, 5.74) is 3.85. The van der Waals surface area contributed by atoms with Gasteiger partial charge in [-0.05, 0) is 31.2 Å². The van der Waals surface area contributed by atoms with E-state index in [0.29, 0.717) is 28.0 Å². The predicted molar refractivity (Wildman–Crippen MR) is 130 cm³/mol. The highest BCUT2D eigenvalue weighted by atomic mass is 35.5. The Morgan fingerprint density at radius 2 is 1.91 bits per heavy atom. The quantitative estimate of drug-likeness (QED) is 0.356. The van der Waals surface area contributed by atoms with Gasteiger partial charge in [-0.2, -0.15) is 10.1 Å². The van der Waals surface area contributed by atoms with Crippen molar-refractivity contribution in [2.24, 2.45) is 0 Å². The van der Waals surface area contributed by atoms with Crippen molar-refractivity contribution in [1.82, 2.24) is 19.9 Å². The fraction of sp³-hybridized carbons (Fsp3) is 0.120. The van der Waals surface area contributed by atoms with Gasteiger partial charge in [-0.1, -0.05) is 64.8 Å². The third kappa shape index (κ3) is 4.23. The zero-order valence-corrected chi connectivity index (χ0v) is 19.2. The highest BCUT2D eigenvalue weighted by molar-refractivity contribution is 6.32. The fourth-order valence-corrected chi connectivity index (χ4v) is 3.88. The fourth-order valence-electron chi connectivity index (χ4n) is 3.63. The van der Waals surface area contributed by atoms with Crippen LogP contribution in [-0.2, 0) is 11.3 Å². The van der Waals surface area contributed by atoms with E-state index in [1.165, 1.54) is 7.11 Å². The molecule has 0 aliphatic rings. The Balaban J connectivity index is 1.42. The molecule has 0 aliphatic carbocycles. The van der Waals surface area contributed by atoms with Crippen molar-refractivity contribution in [2.45, 2.75) is 13.5 Å². The van der Waals surface area contributed by atoms with Gasteiger partial charge in [-0.3, -0.25) is 9.48 Å². The third-order valence-electron chi connectivity index (χ3n) is 5.33. The summed E-state index contributed by atoms with van der Waals surface area (Å²) in [5.74, 6) is 1.04. The highest BCUT2D eigenvalue weighted by Crippen LogP contribution is 2.29. The van der Waals surface area contributed by atoms with Crippen LogP contribution in [0.4, 0.5) is 5.69 Å².